The predicted octanol–water partition coefficient (Wildman–Crippen LogP) is 2.66. The summed E-state index contributed by atoms with van der Waals surface area (Å²) in [4.78, 5) is 11.0. The van der Waals surface area contributed by atoms with Crippen LogP contribution < -0.4 is 4.74 Å². The second-order valence-corrected chi connectivity index (χ2v) is 4.46. The lowest BCUT2D eigenvalue weighted by atomic mass is 10.0. The molecule has 0 saturated heterocycles. The molecule has 2 aromatic rings. The lowest BCUT2D eigenvalue weighted by Crippen LogP contribution is -2.17. The van der Waals surface area contributed by atoms with Gasteiger partial charge in [0.2, 0.25) is 0 Å². The topological polar surface area (TPSA) is 51.5 Å². The summed E-state index contributed by atoms with van der Waals surface area (Å²) >= 11 is 0. The molecule has 1 aromatic heterocycles. The first-order valence-corrected chi connectivity index (χ1v) is 6.17. The van der Waals surface area contributed by atoms with Crippen molar-refractivity contribution in [2.75, 3.05) is 6.61 Å². The van der Waals surface area contributed by atoms with Gasteiger partial charge < -0.3 is 14.4 Å². The maximum Gasteiger partial charge on any atom is 0.304 e. The molecule has 0 fully saturated rings. The Balaban J connectivity index is 2.07. The van der Waals surface area contributed by atoms with E-state index in [1.54, 1.807) is 0 Å². The number of hydrogen-bond donors (Lipinski definition) is 1. The molecule has 1 N–H and O–H groups in total. The molecule has 0 spiro atoms. The van der Waals surface area contributed by atoms with Crippen LogP contribution in [-0.2, 0) is 11.8 Å². The molecular formula is C15H17NO3. The lowest BCUT2D eigenvalue weighted by Gasteiger charge is -2.17. The molecule has 4 heteroatoms. The monoisotopic (exact) mass is 259 g/mol. The minimum atomic E-state index is -0.817. The van der Waals surface area contributed by atoms with Crippen molar-refractivity contribution in [1.29, 1.82) is 0 Å². The number of carboxylic acid groups (broad SMARTS) is 1. The molecule has 0 saturated carbocycles. The maximum atomic E-state index is 11.0. The molecule has 0 amide bonds. The summed E-state index contributed by atoms with van der Waals surface area (Å²) in [6, 6.07) is 13.3. The van der Waals surface area contributed by atoms with Gasteiger partial charge in [0.25, 0.3) is 0 Å². The Bertz CT molecular complexity index is 533. The number of aliphatic carboxylic acids is 1. The highest BCUT2D eigenvalue weighted by Crippen LogP contribution is 2.21. The highest BCUT2D eigenvalue weighted by atomic mass is 16.5. The van der Waals surface area contributed by atoms with Crippen molar-refractivity contribution in [3.05, 3.63) is 54.4 Å². The Labute approximate surface area is 112 Å². The van der Waals surface area contributed by atoms with Gasteiger partial charge in [0.05, 0.1) is 13.0 Å². The highest BCUT2D eigenvalue weighted by molar-refractivity contribution is 5.68. The molecule has 19 heavy (non-hydrogen) atoms. The summed E-state index contributed by atoms with van der Waals surface area (Å²) in [6.07, 6.45) is 1.97. The number of benzene rings is 1. The van der Waals surface area contributed by atoms with Gasteiger partial charge in [0, 0.05) is 24.9 Å². The van der Waals surface area contributed by atoms with Crippen LogP contribution >= 0.6 is 0 Å². The average molecular weight is 259 g/mol. The van der Waals surface area contributed by atoms with E-state index in [1.807, 2.05) is 60.3 Å². The smallest absolute Gasteiger partial charge is 0.304 e. The van der Waals surface area contributed by atoms with Crippen LogP contribution in [0.25, 0.3) is 0 Å². The van der Waals surface area contributed by atoms with E-state index in [-0.39, 0.29) is 12.3 Å². The highest BCUT2D eigenvalue weighted by Gasteiger charge is 2.18. The number of para-hydroxylation sites is 1. The van der Waals surface area contributed by atoms with Crippen molar-refractivity contribution in [3.63, 3.8) is 0 Å². The first-order chi connectivity index (χ1) is 9.16. The van der Waals surface area contributed by atoms with Crippen LogP contribution in [0.15, 0.2) is 48.7 Å². The number of ether oxygens (including phenoxy) is 1. The van der Waals surface area contributed by atoms with Gasteiger partial charge in [0.1, 0.15) is 5.75 Å². The SMILES string of the molecule is Cn1cccc1C(COc1ccccc1)CC(=O)O. The van der Waals surface area contributed by atoms with Gasteiger partial charge >= 0.3 is 5.97 Å². The van der Waals surface area contributed by atoms with Crippen molar-refractivity contribution < 1.29 is 14.6 Å². The summed E-state index contributed by atoms with van der Waals surface area (Å²) < 4.78 is 7.60. The average Bonchev–Trinajstić information content (AvgIpc) is 2.81. The minimum Gasteiger partial charge on any atom is -0.493 e. The fourth-order valence-corrected chi connectivity index (χ4v) is 2.07. The van der Waals surface area contributed by atoms with Gasteiger partial charge in [-0.15, -0.1) is 0 Å². The molecule has 1 heterocycles. The Morgan fingerprint density at radius 3 is 2.58 bits per heavy atom. The number of rotatable bonds is 6. The van der Waals surface area contributed by atoms with Crippen LogP contribution in [0, 0.1) is 0 Å². The summed E-state index contributed by atoms with van der Waals surface area (Å²) in [7, 11) is 1.91. The molecule has 2 rings (SSSR count). The van der Waals surface area contributed by atoms with Gasteiger partial charge in [-0.3, -0.25) is 4.79 Å². The van der Waals surface area contributed by atoms with Gasteiger partial charge in [-0.25, -0.2) is 0 Å². The Morgan fingerprint density at radius 1 is 1.26 bits per heavy atom. The Morgan fingerprint density at radius 2 is 2.00 bits per heavy atom. The number of carboxylic acids is 1. The number of aromatic nitrogens is 1. The van der Waals surface area contributed by atoms with Crippen LogP contribution in [0.4, 0.5) is 0 Å². The molecule has 0 radical (unpaired) electrons. The van der Waals surface area contributed by atoms with Crippen molar-refractivity contribution in [2.24, 2.45) is 7.05 Å². The lowest BCUT2D eigenvalue weighted by molar-refractivity contribution is -0.137. The van der Waals surface area contributed by atoms with Crippen LogP contribution in [-0.4, -0.2) is 22.2 Å². The number of nitrogens with zero attached hydrogens (tertiary/aromatic N) is 1. The van der Waals surface area contributed by atoms with E-state index in [0.717, 1.165) is 11.4 Å². The zero-order chi connectivity index (χ0) is 13.7. The minimum absolute atomic E-state index is 0.0602. The summed E-state index contributed by atoms with van der Waals surface area (Å²) in [5.74, 6) is -0.215. The van der Waals surface area contributed by atoms with Gasteiger partial charge in [-0.05, 0) is 24.3 Å². The molecular weight excluding hydrogens is 242 g/mol. The predicted molar refractivity (Wildman–Crippen MR) is 72.3 cm³/mol. The van der Waals surface area contributed by atoms with Crippen molar-refractivity contribution in [1.82, 2.24) is 4.57 Å². The van der Waals surface area contributed by atoms with Crippen molar-refractivity contribution in [2.45, 2.75) is 12.3 Å². The van der Waals surface area contributed by atoms with Crippen LogP contribution in [0.3, 0.4) is 0 Å². The third kappa shape index (κ3) is 3.61. The van der Waals surface area contributed by atoms with Gasteiger partial charge in [-0.1, -0.05) is 18.2 Å². The quantitative estimate of drug-likeness (QED) is 0.867. The molecule has 1 unspecified atom stereocenters. The molecule has 0 aliphatic carbocycles. The molecule has 0 aliphatic heterocycles. The van der Waals surface area contributed by atoms with Gasteiger partial charge in [-0.2, -0.15) is 0 Å². The van der Waals surface area contributed by atoms with E-state index in [2.05, 4.69) is 0 Å². The number of carbonyl (C=O) groups is 1. The van der Waals surface area contributed by atoms with E-state index < -0.39 is 5.97 Å². The summed E-state index contributed by atoms with van der Waals surface area (Å²) in [6.45, 7) is 0.355. The molecule has 1 aromatic carbocycles. The molecule has 0 aliphatic rings. The van der Waals surface area contributed by atoms with Crippen LogP contribution in [0.5, 0.6) is 5.75 Å². The fraction of sp³-hybridized carbons (Fsp3) is 0.267. The molecule has 4 nitrogen and oxygen atoms in total. The standard InChI is InChI=1S/C15H17NO3/c1-16-9-5-8-14(16)12(10-15(17)18)11-19-13-6-3-2-4-7-13/h2-9,12H,10-11H2,1H3,(H,17,18). The van der Waals surface area contributed by atoms with E-state index in [0.29, 0.717) is 6.61 Å². The Kier molecular flexibility index (Phi) is 4.23. The third-order valence-electron chi connectivity index (χ3n) is 3.02. The third-order valence-corrected chi connectivity index (χ3v) is 3.02. The summed E-state index contributed by atoms with van der Waals surface area (Å²) in [5, 5.41) is 9.01. The molecule has 1 atom stereocenters. The molecule has 100 valence electrons. The zero-order valence-corrected chi connectivity index (χ0v) is 10.8. The van der Waals surface area contributed by atoms with Crippen LogP contribution in [0.2, 0.25) is 0 Å². The number of hydrogen-bond acceptors (Lipinski definition) is 2. The van der Waals surface area contributed by atoms with Crippen molar-refractivity contribution in [3.8, 4) is 5.75 Å². The summed E-state index contributed by atoms with van der Waals surface area (Å²) in [5.41, 5.74) is 0.971. The number of aryl methyl sites for hydroxylation is 1. The van der Waals surface area contributed by atoms with Gasteiger partial charge in [0.15, 0.2) is 0 Å². The second-order valence-electron chi connectivity index (χ2n) is 4.46. The van der Waals surface area contributed by atoms with E-state index in [9.17, 15) is 4.79 Å². The molecule has 0 bridgehead atoms. The first kappa shape index (κ1) is 13.2. The maximum absolute atomic E-state index is 11.0. The van der Waals surface area contributed by atoms with E-state index >= 15 is 0 Å². The first-order valence-electron chi connectivity index (χ1n) is 6.17. The van der Waals surface area contributed by atoms with E-state index in [4.69, 9.17) is 9.84 Å². The van der Waals surface area contributed by atoms with Crippen molar-refractivity contribution >= 4 is 5.97 Å². The largest absolute Gasteiger partial charge is 0.493 e. The Hall–Kier alpha value is -2.23. The van der Waals surface area contributed by atoms with E-state index in [1.165, 1.54) is 0 Å². The normalized spacial score (nSPS) is 12.1. The fourth-order valence-electron chi connectivity index (χ4n) is 2.07. The zero-order valence-electron chi connectivity index (χ0n) is 10.8. The second kappa shape index (κ2) is 6.09. The van der Waals surface area contributed by atoms with Crippen LogP contribution in [0.1, 0.15) is 18.0 Å².